The number of hydrogen-bond donors (Lipinski definition) is 2. The second-order valence-electron chi connectivity index (χ2n) is 2.86. The molecule has 1 aliphatic rings. The molecule has 0 bridgehead atoms. The van der Waals surface area contributed by atoms with E-state index < -0.39 is 11.3 Å². The molecule has 0 spiro atoms. The third kappa shape index (κ3) is 4.50. The van der Waals surface area contributed by atoms with Gasteiger partial charge in [-0.3, -0.25) is 9.11 Å². The smallest absolute Gasteiger partial charge is 0.0834 e. The van der Waals surface area contributed by atoms with Gasteiger partial charge in [-0.2, -0.15) is 0 Å². The number of rotatable bonds is 4. The molecular weight excluding hydrogens is 226 g/mol. The van der Waals surface area contributed by atoms with E-state index in [0.29, 0.717) is 13.1 Å². The molecule has 1 rings (SSSR count). The first kappa shape index (κ1) is 14.0. The van der Waals surface area contributed by atoms with Crippen molar-refractivity contribution < 1.29 is 8.76 Å². The summed E-state index contributed by atoms with van der Waals surface area (Å²) in [6.07, 6.45) is 1.62. The SMILES string of the molecule is C=CCN1CCNCC1NS(=O)[O-].Cl. The van der Waals surface area contributed by atoms with Crippen LogP contribution in [0.15, 0.2) is 12.7 Å². The second kappa shape index (κ2) is 7.33. The third-order valence-electron chi connectivity index (χ3n) is 1.95. The van der Waals surface area contributed by atoms with Gasteiger partial charge in [-0.25, -0.2) is 4.72 Å². The van der Waals surface area contributed by atoms with E-state index in [9.17, 15) is 8.76 Å². The summed E-state index contributed by atoms with van der Waals surface area (Å²) >= 11 is -2.20. The number of hydrogen-bond acceptors (Lipinski definition) is 4. The Bertz CT molecular complexity index is 205. The van der Waals surface area contributed by atoms with Crippen LogP contribution in [0.1, 0.15) is 0 Å². The third-order valence-corrected chi connectivity index (χ3v) is 2.41. The molecule has 1 heterocycles. The first-order chi connectivity index (χ1) is 6.24. The molecule has 0 radical (unpaired) electrons. The highest BCUT2D eigenvalue weighted by molar-refractivity contribution is 7.77. The summed E-state index contributed by atoms with van der Waals surface area (Å²) in [5.41, 5.74) is 0. The van der Waals surface area contributed by atoms with Crippen LogP contribution in [0, 0.1) is 0 Å². The number of nitrogens with one attached hydrogen (secondary N) is 2. The molecule has 5 nitrogen and oxygen atoms in total. The maximum absolute atomic E-state index is 10.4. The molecule has 2 atom stereocenters. The number of piperazine rings is 1. The van der Waals surface area contributed by atoms with Crippen LogP contribution in [0.25, 0.3) is 0 Å². The lowest BCUT2D eigenvalue weighted by Crippen LogP contribution is -2.57. The molecule has 0 aromatic carbocycles. The molecule has 84 valence electrons. The van der Waals surface area contributed by atoms with E-state index in [4.69, 9.17) is 0 Å². The fourth-order valence-corrected chi connectivity index (χ4v) is 1.81. The Morgan fingerprint density at radius 2 is 2.50 bits per heavy atom. The first-order valence-corrected chi connectivity index (χ1v) is 5.22. The predicted octanol–water partition coefficient (Wildman–Crippen LogP) is -0.791. The minimum absolute atomic E-state index is 0. The monoisotopic (exact) mass is 240 g/mol. The van der Waals surface area contributed by atoms with Crippen molar-refractivity contribution in [1.29, 1.82) is 0 Å². The summed E-state index contributed by atoms with van der Waals surface area (Å²) in [5, 5.41) is 3.12. The first-order valence-electron chi connectivity index (χ1n) is 4.15. The molecule has 1 fully saturated rings. The Labute approximate surface area is 92.8 Å². The molecule has 2 unspecified atom stereocenters. The Kier molecular flexibility index (Phi) is 7.34. The second-order valence-corrected chi connectivity index (χ2v) is 3.56. The molecule has 7 heteroatoms. The Morgan fingerprint density at radius 3 is 3.07 bits per heavy atom. The van der Waals surface area contributed by atoms with Crippen molar-refractivity contribution in [2.45, 2.75) is 6.17 Å². The van der Waals surface area contributed by atoms with Gasteiger partial charge in [0.1, 0.15) is 0 Å². The maximum atomic E-state index is 10.4. The average molecular weight is 241 g/mol. The lowest BCUT2D eigenvalue weighted by atomic mass is 10.3. The summed E-state index contributed by atoms with van der Waals surface area (Å²) in [7, 11) is 0. The Hall–Kier alpha value is 0.0200. The van der Waals surface area contributed by atoms with Gasteiger partial charge < -0.3 is 9.87 Å². The van der Waals surface area contributed by atoms with Crippen LogP contribution >= 0.6 is 12.4 Å². The van der Waals surface area contributed by atoms with Gasteiger partial charge in [0.15, 0.2) is 0 Å². The fourth-order valence-electron chi connectivity index (χ4n) is 1.36. The zero-order valence-corrected chi connectivity index (χ0v) is 9.40. The fraction of sp³-hybridized carbons (Fsp3) is 0.714. The van der Waals surface area contributed by atoms with E-state index >= 15 is 0 Å². The van der Waals surface area contributed by atoms with Crippen molar-refractivity contribution in [2.24, 2.45) is 0 Å². The minimum Gasteiger partial charge on any atom is -0.760 e. The van der Waals surface area contributed by atoms with Crippen molar-refractivity contribution >= 4 is 23.7 Å². The van der Waals surface area contributed by atoms with E-state index in [2.05, 4.69) is 16.6 Å². The van der Waals surface area contributed by atoms with E-state index in [1.807, 2.05) is 4.90 Å². The van der Waals surface area contributed by atoms with Crippen molar-refractivity contribution in [2.75, 3.05) is 26.2 Å². The molecule has 14 heavy (non-hydrogen) atoms. The van der Waals surface area contributed by atoms with Crippen LogP contribution in [0.4, 0.5) is 0 Å². The van der Waals surface area contributed by atoms with Crippen molar-refractivity contribution in [1.82, 2.24) is 14.9 Å². The van der Waals surface area contributed by atoms with Crippen LogP contribution in [0.2, 0.25) is 0 Å². The van der Waals surface area contributed by atoms with Crippen LogP contribution in [-0.4, -0.2) is 46.0 Å². The van der Waals surface area contributed by atoms with Crippen LogP contribution < -0.4 is 10.0 Å². The van der Waals surface area contributed by atoms with E-state index in [1.165, 1.54) is 0 Å². The molecule has 0 amide bonds. The van der Waals surface area contributed by atoms with Crippen LogP contribution in [0.5, 0.6) is 0 Å². The molecule has 2 N–H and O–H groups in total. The topological polar surface area (TPSA) is 67.4 Å². The van der Waals surface area contributed by atoms with Gasteiger partial charge in [-0.1, -0.05) is 6.08 Å². The van der Waals surface area contributed by atoms with E-state index in [-0.39, 0.29) is 18.6 Å². The highest BCUT2D eigenvalue weighted by Gasteiger charge is 2.20. The van der Waals surface area contributed by atoms with Crippen molar-refractivity contribution in [3.8, 4) is 0 Å². The zero-order valence-electron chi connectivity index (χ0n) is 7.77. The molecule has 0 saturated carbocycles. The molecule has 1 saturated heterocycles. The van der Waals surface area contributed by atoms with Gasteiger partial charge in [0.05, 0.1) is 6.17 Å². The highest BCUT2D eigenvalue weighted by Crippen LogP contribution is 2.00. The number of nitrogens with zero attached hydrogens (tertiary/aromatic N) is 1. The van der Waals surface area contributed by atoms with Crippen LogP contribution in [0.3, 0.4) is 0 Å². The lowest BCUT2D eigenvalue weighted by Gasteiger charge is -2.36. The molecule has 1 aliphatic heterocycles. The highest BCUT2D eigenvalue weighted by atomic mass is 35.5. The molecule has 0 aliphatic carbocycles. The summed E-state index contributed by atoms with van der Waals surface area (Å²) < 4.78 is 23.3. The summed E-state index contributed by atoms with van der Waals surface area (Å²) in [5.74, 6) is 0. The van der Waals surface area contributed by atoms with Crippen LogP contribution in [-0.2, 0) is 11.3 Å². The van der Waals surface area contributed by atoms with Gasteiger partial charge in [0.2, 0.25) is 0 Å². The predicted molar refractivity (Wildman–Crippen MR) is 57.7 cm³/mol. The summed E-state index contributed by atoms with van der Waals surface area (Å²) in [6, 6.07) is 0. The van der Waals surface area contributed by atoms with Crippen molar-refractivity contribution in [3.05, 3.63) is 12.7 Å². The van der Waals surface area contributed by atoms with Gasteiger partial charge in [0.25, 0.3) is 0 Å². The van der Waals surface area contributed by atoms with Crippen molar-refractivity contribution in [3.63, 3.8) is 0 Å². The molecular formula is C7H15ClN3O2S-. The largest absolute Gasteiger partial charge is 0.760 e. The van der Waals surface area contributed by atoms with Gasteiger partial charge >= 0.3 is 0 Å². The standard InChI is InChI=1S/C7H15N3O2S.ClH/c1-2-4-10-5-3-8-6-7(10)9-13(11)12;/h2,7-9H,1,3-6H2,(H,11,12);1H/p-1. The van der Waals surface area contributed by atoms with Gasteiger partial charge in [0, 0.05) is 37.4 Å². The Balaban J connectivity index is 0.00000169. The maximum Gasteiger partial charge on any atom is 0.0834 e. The average Bonchev–Trinajstić information content (AvgIpc) is 2.08. The van der Waals surface area contributed by atoms with E-state index in [1.54, 1.807) is 6.08 Å². The minimum atomic E-state index is -2.20. The summed E-state index contributed by atoms with van der Waals surface area (Å²) in [6.45, 7) is 6.69. The quantitative estimate of drug-likeness (QED) is 0.499. The number of halogens is 1. The molecule has 0 aromatic rings. The van der Waals surface area contributed by atoms with Gasteiger partial charge in [-0.15, -0.1) is 19.0 Å². The summed E-state index contributed by atoms with van der Waals surface area (Å²) in [4.78, 5) is 2.03. The molecule has 0 aromatic heterocycles. The zero-order chi connectivity index (χ0) is 9.68. The van der Waals surface area contributed by atoms with Gasteiger partial charge in [-0.05, 0) is 0 Å². The Morgan fingerprint density at radius 1 is 1.79 bits per heavy atom. The van der Waals surface area contributed by atoms with E-state index in [0.717, 1.165) is 13.1 Å². The normalized spacial score (nSPS) is 25.1. The lowest BCUT2D eigenvalue weighted by molar-refractivity contribution is 0.168.